The van der Waals surface area contributed by atoms with Crippen LogP contribution in [0.5, 0.6) is 0 Å². The van der Waals surface area contributed by atoms with Crippen molar-refractivity contribution in [2.45, 2.75) is 25.4 Å². The lowest BCUT2D eigenvalue weighted by molar-refractivity contribution is 0.389. The lowest BCUT2D eigenvalue weighted by Gasteiger charge is -2.08. The summed E-state index contributed by atoms with van der Waals surface area (Å²) < 4.78 is 5.28. The van der Waals surface area contributed by atoms with Crippen molar-refractivity contribution in [3.05, 3.63) is 11.7 Å². The largest absolute Gasteiger partial charge is 0.340 e. The van der Waals surface area contributed by atoms with E-state index in [9.17, 15) is 0 Å². The van der Waals surface area contributed by atoms with Crippen LogP contribution in [0.25, 0.3) is 0 Å². The van der Waals surface area contributed by atoms with Gasteiger partial charge in [-0.25, -0.2) is 0 Å². The van der Waals surface area contributed by atoms with E-state index in [1.165, 1.54) is 0 Å². The van der Waals surface area contributed by atoms with Crippen LogP contribution in [0.4, 0.5) is 0 Å². The minimum atomic E-state index is 0.326. The first kappa shape index (κ1) is 10.9. The Bertz CT molecular complexity index is 246. The van der Waals surface area contributed by atoms with Gasteiger partial charge >= 0.3 is 0 Å². The molecule has 0 N–H and O–H groups in total. The van der Waals surface area contributed by atoms with E-state index >= 15 is 0 Å². The number of aromatic nitrogens is 2. The average Bonchev–Trinajstić information content (AvgIpc) is 2.51. The third-order valence-corrected chi connectivity index (χ3v) is 3.90. The van der Waals surface area contributed by atoms with Crippen LogP contribution in [-0.4, -0.2) is 21.6 Å². The van der Waals surface area contributed by atoms with E-state index in [1.54, 1.807) is 0 Å². The van der Waals surface area contributed by atoms with Crippen LogP contribution in [0, 0.1) is 6.92 Å². The first-order valence-electron chi connectivity index (χ1n) is 4.31. The average molecular weight is 218 g/mol. The van der Waals surface area contributed by atoms with Crippen molar-refractivity contribution in [1.29, 1.82) is 0 Å². The molecule has 0 fully saturated rings. The fourth-order valence-electron chi connectivity index (χ4n) is 0.911. The molecule has 1 aromatic heterocycles. The van der Waals surface area contributed by atoms with Crippen molar-refractivity contribution in [2.75, 3.05) is 11.5 Å². The summed E-state index contributed by atoms with van der Waals surface area (Å²) in [7, 11) is 0. The van der Waals surface area contributed by atoms with E-state index in [4.69, 9.17) is 4.52 Å². The number of hydrogen-bond donors (Lipinski definition) is 0. The first-order valence-corrected chi connectivity index (χ1v) is 6.41. The Morgan fingerprint density at radius 3 is 2.31 bits per heavy atom. The molecule has 13 heavy (non-hydrogen) atoms. The normalized spacial score (nSPS) is 11.1. The van der Waals surface area contributed by atoms with Crippen molar-refractivity contribution in [2.24, 2.45) is 0 Å². The maximum absolute atomic E-state index is 4.95. The highest BCUT2D eigenvalue weighted by Gasteiger charge is 2.16. The molecule has 0 atom stereocenters. The van der Waals surface area contributed by atoms with E-state index in [-0.39, 0.29) is 0 Å². The Hall–Kier alpha value is -0.160. The van der Waals surface area contributed by atoms with E-state index in [1.807, 2.05) is 30.4 Å². The van der Waals surface area contributed by atoms with Crippen LogP contribution < -0.4 is 0 Å². The maximum Gasteiger partial charge on any atom is 0.223 e. The minimum Gasteiger partial charge on any atom is -0.340 e. The highest BCUT2D eigenvalue weighted by molar-refractivity contribution is 8.16. The Balaban J connectivity index is 2.63. The molecule has 0 bridgehead atoms. The van der Waals surface area contributed by atoms with Gasteiger partial charge in [0, 0.05) is 6.92 Å². The van der Waals surface area contributed by atoms with Crippen molar-refractivity contribution >= 4 is 23.5 Å². The monoisotopic (exact) mass is 218 g/mol. The summed E-state index contributed by atoms with van der Waals surface area (Å²) in [6, 6.07) is 0. The fourth-order valence-corrected chi connectivity index (χ4v) is 3.21. The SMILES string of the molecule is CCSC(SCC)c1noc(C)n1. The summed E-state index contributed by atoms with van der Waals surface area (Å²) in [6.07, 6.45) is 0. The van der Waals surface area contributed by atoms with Gasteiger partial charge < -0.3 is 4.52 Å². The highest BCUT2D eigenvalue weighted by atomic mass is 32.2. The van der Waals surface area contributed by atoms with Crippen LogP contribution in [0.2, 0.25) is 0 Å². The van der Waals surface area contributed by atoms with Gasteiger partial charge in [-0.3, -0.25) is 0 Å². The molecule has 1 aromatic rings. The third kappa shape index (κ3) is 3.23. The second kappa shape index (κ2) is 5.54. The van der Waals surface area contributed by atoms with Crippen LogP contribution in [0.1, 0.15) is 30.1 Å². The minimum absolute atomic E-state index is 0.326. The fraction of sp³-hybridized carbons (Fsp3) is 0.750. The topological polar surface area (TPSA) is 38.9 Å². The molecule has 74 valence electrons. The molecule has 1 heterocycles. The molecule has 0 aliphatic heterocycles. The highest BCUT2D eigenvalue weighted by Crippen LogP contribution is 2.37. The summed E-state index contributed by atoms with van der Waals surface area (Å²) >= 11 is 3.69. The lowest BCUT2D eigenvalue weighted by Crippen LogP contribution is -1.93. The molecule has 0 aromatic carbocycles. The predicted molar refractivity (Wildman–Crippen MR) is 58.0 cm³/mol. The van der Waals surface area contributed by atoms with Gasteiger partial charge in [-0.2, -0.15) is 4.98 Å². The van der Waals surface area contributed by atoms with Gasteiger partial charge in [-0.05, 0) is 11.5 Å². The second-order valence-electron chi connectivity index (χ2n) is 2.41. The molecule has 0 radical (unpaired) electrons. The van der Waals surface area contributed by atoms with Crippen LogP contribution in [-0.2, 0) is 0 Å². The van der Waals surface area contributed by atoms with Crippen molar-refractivity contribution in [3.63, 3.8) is 0 Å². The molecule has 0 saturated heterocycles. The quantitative estimate of drug-likeness (QED) is 0.711. The van der Waals surface area contributed by atoms with Crippen LogP contribution >= 0.6 is 23.5 Å². The summed E-state index contributed by atoms with van der Waals surface area (Å²) in [5, 5.41) is 3.93. The standard InChI is InChI=1S/C8H14N2OS2/c1-4-12-8(13-5-2)7-9-6(3)11-10-7/h8H,4-5H2,1-3H3. The molecular weight excluding hydrogens is 204 g/mol. The maximum atomic E-state index is 4.95. The van der Waals surface area contributed by atoms with E-state index in [2.05, 4.69) is 24.0 Å². The van der Waals surface area contributed by atoms with Crippen molar-refractivity contribution in [1.82, 2.24) is 10.1 Å². The summed E-state index contributed by atoms with van der Waals surface area (Å²) in [6.45, 7) is 6.10. The number of nitrogens with zero attached hydrogens (tertiary/aromatic N) is 2. The lowest BCUT2D eigenvalue weighted by atomic mass is 10.7. The molecule has 0 unspecified atom stereocenters. The molecule has 0 aliphatic rings. The number of aryl methyl sites for hydroxylation is 1. The van der Waals surface area contributed by atoms with E-state index < -0.39 is 0 Å². The smallest absolute Gasteiger partial charge is 0.223 e. The second-order valence-corrected chi connectivity index (χ2v) is 5.48. The molecule has 0 aliphatic carbocycles. The Kier molecular flexibility index (Phi) is 4.66. The number of thioether (sulfide) groups is 2. The van der Waals surface area contributed by atoms with Crippen LogP contribution in [0.15, 0.2) is 4.52 Å². The van der Waals surface area contributed by atoms with E-state index in [0.717, 1.165) is 17.3 Å². The van der Waals surface area contributed by atoms with Gasteiger partial charge in [-0.1, -0.05) is 19.0 Å². The number of hydrogen-bond acceptors (Lipinski definition) is 5. The number of rotatable bonds is 5. The molecule has 0 spiro atoms. The molecule has 0 amide bonds. The summed E-state index contributed by atoms with van der Waals surface area (Å²) in [5.74, 6) is 3.61. The molecule has 1 rings (SSSR count). The van der Waals surface area contributed by atoms with Gasteiger partial charge in [0.25, 0.3) is 0 Å². The van der Waals surface area contributed by atoms with Gasteiger partial charge in [0.05, 0.1) is 0 Å². The zero-order valence-corrected chi connectivity index (χ0v) is 9.74. The third-order valence-electron chi connectivity index (χ3n) is 1.39. The van der Waals surface area contributed by atoms with Crippen molar-refractivity contribution in [3.8, 4) is 0 Å². The molecule has 5 heteroatoms. The molecule has 3 nitrogen and oxygen atoms in total. The predicted octanol–water partition coefficient (Wildman–Crippen LogP) is 2.88. The molecule has 0 saturated carbocycles. The summed E-state index contributed by atoms with van der Waals surface area (Å²) in [4.78, 5) is 4.23. The van der Waals surface area contributed by atoms with Gasteiger partial charge in [0.2, 0.25) is 5.89 Å². The van der Waals surface area contributed by atoms with Gasteiger partial charge in [-0.15, -0.1) is 23.5 Å². The van der Waals surface area contributed by atoms with Gasteiger partial charge in [0.1, 0.15) is 4.58 Å². The van der Waals surface area contributed by atoms with Crippen LogP contribution in [0.3, 0.4) is 0 Å². The molecular formula is C8H14N2OS2. The zero-order chi connectivity index (χ0) is 9.68. The van der Waals surface area contributed by atoms with Gasteiger partial charge in [0.15, 0.2) is 5.82 Å². The van der Waals surface area contributed by atoms with Crippen molar-refractivity contribution < 1.29 is 4.52 Å². The Labute approximate surface area is 87.1 Å². The summed E-state index contributed by atoms with van der Waals surface area (Å²) in [5.41, 5.74) is 0. The first-order chi connectivity index (χ1) is 6.27. The Morgan fingerprint density at radius 2 is 1.92 bits per heavy atom. The van der Waals surface area contributed by atoms with E-state index in [0.29, 0.717) is 10.5 Å². The zero-order valence-electron chi connectivity index (χ0n) is 8.11. The Morgan fingerprint density at radius 1 is 1.31 bits per heavy atom.